The van der Waals surface area contributed by atoms with E-state index in [9.17, 15) is 9.59 Å². The molecule has 0 bridgehead atoms. The van der Waals surface area contributed by atoms with Crippen LogP contribution in [0.1, 0.15) is 0 Å². The summed E-state index contributed by atoms with van der Waals surface area (Å²) in [5, 5.41) is 3.54. The average molecular weight is 236 g/mol. The number of amides is 2. The summed E-state index contributed by atoms with van der Waals surface area (Å²) in [4.78, 5) is 21.7. The highest BCUT2D eigenvalue weighted by Gasteiger charge is 2.14. The minimum absolute atomic E-state index is 0.481. The van der Waals surface area contributed by atoms with Crippen LogP contribution in [0.25, 0.3) is 0 Å². The molecule has 5 N–H and O–H groups in total. The SMILES string of the molecule is COc1ccccc1NN=C(C(N)=O)C(N)=O. The Hall–Kier alpha value is -2.57. The number of methoxy groups -OCH3 is 1. The second-order valence-corrected chi connectivity index (χ2v) is 3.00. The first-order valence-corrected chi connectivity index (χ1v) is 4.62. The van der Waals surface area contributed by atoms with Gasteiger partial charge in [-0.1, -0.05) is 12.1 Å². The molecule has 0 aliphatic heterocycles. The predicted octanol–water partition coefficient (Wildman–Crippen LogP) is -0.566. The van der Waals surface area contributed by atoms with Gasteiger partial charge in [0.15, 0.2) is 0 Å². The van der Waals surface area contributed by atoms with E-state index >= 15 is 0 Å². The molecule has 0 saturated carbocycles. The highest BCUT2D eigenvalue weighted by molar-refractivity contribution is 6.64. The number of anilines is 1. The Labute approximate surface area is 97.4 Å². The van der Waals surface area contributed by atoms with Crippen LogP contribution in [0.4, 0.5) is 5.69 Å². The monoisotopic (exact) mass is 236 g/mol. The van der Waals surface area contributed by atoms with E-state index in [1.54, 1.807) is 24.3 Å². The van der Waals surface area contributed by atoms with Crippen molar-refractivity contribution in [3.8, 4) is 5.75 Å². The van der Waals surface area contributed by atoms with Crippen molar-refractivity contribution >= 4 is 23.2 Å². The third kappa shape index (κ3) is 3.20. The fraction of sp³-hybridized carbons (Fsp3) is 0.100. The standard InChI is InChI=1S/C10H12N4O3/c1-17-7-5-3-2-4-6(7)13-14-8(9(11)15)10(12)16/h2-5,13H,1H3,(H2,11,15)(H2,12,16). The number of nitrogens with two attached hydrogens (primary N) is 2. The van der Waals surface area contributed by atoms with Crippen molar-refractivity contribution in [2.24, 2.45) is 16.6 Å². The zero-order valence-electron chi connectivity index (χ0n) is 9.14. The summed E-state index contributed by atoms with van der Waals surface area (Å²) in [6.45, 7) is 0. The number of hydrazone groups is 1. The number of carbonyl (C=O) groups excluding carboxylic acids is 2. The summed E-state index contributed by atoms with van der Waals surface area (Å²) in [5.41, 5.74) is 12.3. The Bertz CT molecular complexity index is 454. The van der Waals surface area contributed by atoms with Crippen molar-refractivity contribution in [2.75, 3.05) is 12.5 Å². The second-order valence-electron chi connectivity index (χ2n) is 3.00. The first-order valence-electron chi connectivity index (χ1n) is 4.62. The van der Waals surface area contributed by atoms with Crippen LogP contribution in [0, 0.1) is 0 Å². The molecule has 0 unspecified atom stereocenters. The van der Waals surface area contributed by atoms with Crippen molar-refractivity contribution in [2.45, 2.75) is 0 Å². The smallest absolute Gasteiger partial charge is 0.274 e. The Morgan fingerprint density at radius 2 is 1.82 bits per heavy atom. The maximum absolute atomic E-state index is 10.8. The van der Waals surface area contributed by atoms with Gasteiger partial charge in [0.05, 0.1) is 12.8 Å². The highest BCUT2D eigenvalue weighted by Crippen LogP contribution is 2.22. The third-order valence-electron chi connectivity index (χ3n) is 1.86. The number of carbonyl (C=O) groups is 2. The van der Waals surface area contributed by atoms with E-state index in [-0.39, 0.29) is 0 Å². The molecular formula is C10H12N4O3. The molecule has 1 aromatic rings. The van der Waals surface area contributed by atoms with Crippen molar-refractivity contribution in [3.63, 3.8) is 0 Å². The molecule has 17 heavy (non-hydrogen) atoms. The molecule has 0 spiro atoms. The van der Waals surface area contributed by atoms with Gasteiger partial charge in [0.1, 0.15) is 5.75 Å². The van der Waals surface area contributed by atoms with Gasteiger partial charge in [-0.15, -0.1) is 0 Å². The van der Waals surface area contributed by atoms with E-state index in [0.717, 1.165) is 0 Å². The fourth-order valence-corrected chi connectivity index (χ4v) is 1.08. The zero-order chi connectivity index (χ0) is 12.8. The third-order valence-corrected chi connectivity index (χ3v) is 1.86. The molecule has 1 aromatic carbocycles. The number of rotatable bonds is 5. The van der Waals surface area contributed by atoms with Crippen molar-refractivity contribution in [3.05, 3.63) is 24.3 Å². The largest absolute Gasteiger partial charge is 0.495 e. The Morgan fingerprint density at radius 1 is 1.24 bits per heavy atom. The molecule has 1 rings (SSSR count). The van der Waals surface area contributed by atoms with Gasteiger partial charge in [0.25, 0.3) is 11.8 Å². The van der Waals surface area contributed by atoms with E-state index in [2.05, 4.69) is 10.5 Å². The van der Waals surface area contributed by atoms with Gasteiger partial charge in [-0.3, -0.25) is 15.0 Å². The van der Waals surface area contributed by atoms with Gasteiger partial charge >= 0.3 is 0 Å². The van der Waals surface area contributed by atoms with Crippen LogP contribution in [-0.4, -0.2) is 24.6 Å². The molecule has 0 atom stereocenters. The van der Waals surface area contributed by atoms with Crippen LogP contribution in [-0.2, 0) is 9.59 Å². The number of nitrogens with one attached hydrogen (secondary N) is 1. The van der Waals surface area contributed by atoms with Crippen molar-refractivity contribution in [1.82, 2.24) is 0 Å². The zero-order valence-corrected chi connectivity index (χ0v) is 9.14. The Kier molecular flexibility index (Phi) is 4.04. The molecule has 0 heterocycles. The number of primary amides is 2. The summed E-state index contributed by atoms with van der Waals surface area (Å²) >= 11 is 0. The van der Waals surface area contributed by atoms with Gasteiger partial charge < -0.3 is 16.2 Å². The molecule has 0 radical (unpaired) electrons. The van der Waals surface area contributed by atoms with E-state index in [0.29, 0.717) is 11.4 Å². The van der Waals surface area contributed by atoms with E-state index < -0.39 is 17.5 Å². The minimum Gasteiger partial charge on any atom is -0.495 e. The number of hydrogen-bond donors (Lipinski definition) is 3. The summed E-state index contributed by atoms with van der Waals surface area (Å²) in [6, 6.07) is 6.83. The lowest BCUT2D eigenvalue weighted by molar-refractivity contribution is -0.115. The molecule has 0 saturated heterocycles. The molecule has 90 valence electrons. The average Bonchev–Trinajstić information content (AvgIpc) is 2.29. The number of benzene rings is 1. The molecule has 7 nitrogen and oxygen atoms in total. The van der Waals surface area contributed by atoms with Crippen molar-refractivity contribution in [1.29, 1.82) is 0 Å². The van der Waals surface area contributed by atoms with E-state index in [4.69, 9.17) is 16.2 Å². The van der Waals surface area contributed by atoms with E-state index in [1.165, 1.54) is 7.11 Å². The number of nitrogens with zero attached hydrogens (tertiary/aromatic N) is 1. The molecule has 0 aliphatic carbocycles. The molecule has 0 aromatic heterocycles. The van der Waals surface area contributed by atoms with Crippen LogP contribution in [0.2, 0.25) is 0 Å². The second kappa shape index (κ2) is 5.50. The maximum atomic E-state index is 10.8. The number of para-hydroxylation sites is 2. The lowest BCUT2D eigenvalue weighted by Gasteiger charge is -2.07. The Balaban J connectivity index is 2.94. The van der Waals surface area contributed by atoms with Crippen molar-refractivity contribution < 1.29 is 14.3 Å². The molecule has 0 fully saturated rings. The molecule has 2 amide bonds. The number of ether oxygens (including phenoxy) is 1. The van der Waals surface area contributed by atoms with Crippen LogP contribution in [0.15, 0.2) is 29.4 Å². The summed E-state index contributed by atoms with van der Waals surface area (Å²) in [5.74, 6) is -1.50. The lowest BCUT2D eigenvalue weighted by Crippen LogP contribution is -2.36. The van der Waals surface area contributed by atoms with Gasteiger partial charge in [-0.05, 0) is 12.1 Å². The predicted molar refractivity (Wildman–Crippen MR) is 62.4 cm³/mol. The van der Waals surface area contributed by atoms with Gasteiger partial charge in [-0.2, -0.15) is 5.10 Å². The van der Waals surface area contributed by atoms with Crippen LogP contribution >= 0.6 is 0 Å². The molecule has 7 heteroatoms. The maximum Gasteiger partial charge on any atom is 0.274 e. The first-order chi connectivity index (χ1) is 8.06. The molecule has 0 aliphatic rings. The van der Waals surface area contributed by atoms with Gasteiger partial charge in [0, 0.05) is 0 Å². The normalized spacial score (nSPS) is 9.24. The van der Waals surface area contributed by atoms with Crippen LogP contribution in [0.3, 0.4) is 0 Å². The summed E-state index contributed by atoms with van der Waals surface area (Å²) in [6.07, 6.45) is 0. The summed E-state index contributed by atoms with van der Waals surface area (Å²) in [7, 11) is 1.48. The fourth-order valence-electron chi connectivity index (χ4n) is 1.08. The molecular weight excluding hydrogens is 224 g/mol. The minimum atomic E-state index is -1.00. The number of hydrogen-bond acceptors (Lipinski definition) is 5. The highest BCUT2D eigenvalue weighted by atomic mass is 16.5. The van der Waals surface area contributed by atoms with E-state index in [1.807, 2.05) is 0 Å². The van der Waals surface area contributed by atoms with Crippen LogP contribution in [0.5, 0.6) is 5.75 Å². The van der Waals surface area contributed by atoms with Gasteiger partial charge in [-0.25, -0.2) is 0 Å². The van der Waals surface area contributed by atoms with Gasteiger partial charge in [0.2, 0.25) is 5.71 Å². The summed E-state index contributed by atoms with van der Waals surface area (Å²) < 4.78 is 5.03. The first kappa shape index (κ1) is 12.5. The van der Waals surface area contributed by atoms with Crippen LogP contribution < -0.4 is 21.6 Å². The topological polar surface area (TPSA) is 120 Å². The Morgan fingerprint density at radius 3 is 2.35 bits per heavy atom. The lowest BCUT2D eigenvalue weighted by atomic mass is 10.3. The quantitative estimate of drug-likeness (QED) is 0.360.